The van der Waals surface area contributed by atoms with E-state index in [0.717, 1.165) is 24.3 Å². The third-order valence-electron chi connectivity index (χ3n) is 2.54. The molecule has 0 aliphatic rings. The topological polar surface area (TPSA) is 35.8 Å². The van der Waals surface area contributed by atoms with Crippen molar-refractivity contribution in [1.82, 2.24) is 5.32 Å². The zero-order valence-electron chi connectivity index (χ0n) is 9.86. The van der Waals surface area contributed by atoms with E-state index in [9.17, 15) is 0 Å². The van der Waals surface area contributed by atoms with Gasteiger partial charge < -0.3 is 5.32 Å². The third-order valence-corrected chi connectivity index (χ3v) is 3.27. The molecule has 0 aliphatic heterocycles. The van der Waals surface area contributed by atoms with E-state index in [1.807, 2.05) is 36.0 Å². The van der Waals surface area contributed by atoms with Gasteiger partial charge in [0.1, 0.15) is 0 Å². The molecule has 1 atom stereocenters. The highest BCUT2D eigenvalue weighted by molar-refractivity contribution is 7.98. The summed E-state index contributed by atoms with van der Waals surface area (Å²) < 4.78 is 0. The summed E-state index contributed by atoms with van der Waals surface area (Å²) in [6.07, 6.45) is 3.28. The van der Waals surface area contributed by atoms with Gasteiger partial charge in [-0.25, -0.2) is 0 Å². The summed E-state index contributed by atoms with van der Waals surface area (Å²) in [5.41, 5.74) is 1.96. The number of thioether (sulfide) groups is 1. The molecular weight excluding hydrogens is 216 g/mol. The SMILES string of the molecule is CCC(CSC)NCc1ccc(C#N)cc1. The summed E-state index contributed by atoms with van der Waals surface area (Å²) in [5, 5.41) is 12.2. The van der Waals surface area contributed by atoms with Gasteiger partial charge in [-0.15, -0.1) is 0 Å². The number of nitrogens with zero attached hydrogens (tertiary/aromatic N) is 1. The fraction of sp³-hybridized carbons (Fsp3) is 0.462. The Labute approximate surface area is 102 Å². The summed E-state index contributed by atoms with van der Waals surface area (Å²) in [5.74, 6) is 1.15. The lowest BCUT2D eigenvalue weighted by Gasteiger charge is -2.15. The van der Waals surface area contributed by atoms with Crippen LogP contribution in [-0.4, -0.2) is 18.1 Å². The maximum atomic E-state index is 8.69. The second-order valence-electron chi connectivity index (χ2n) is 3.75. The quantitative estimate of drug-likeness (QED) is 0.822. The molecule has 1 rings (SSSR count). The summed E-state index contributed by atoms with van der Waals surface area (Å²) >= 11 is 1.87. The Morgan fingerprint density at radius 2 is 2.06 bits per heavy atom. The molecule has 0 spiro atoms. The molecule has 86 valence electrons. The van der Waals surface area contributed by atoms with Crippen LogP contribution >= 0.6 is 11.8 Å². The molecule has 0 fully saturated rings. The molecule has 1 N–H and O–H groups in total. The summed E-state index contributed by atoms with van der Waals surface area (Å²) in [6.45, 7) is 3.08. The van der Waals surface area contributed by atoms with Crippen molar-refractivity contribution in [1.29, 1.82) is 5.26 Å². The maximum Gasteiger partial charge on any atom is 0.0991 e. The molecule has 1 unspecified atom stereocenters. The number of hydrogen-bond donors (Lipinski definition) is 1. The van der Waals surface area contributed by atoms with Crippen LogP contribution in [0.25, 0.3) is 0 Å². The molecule has 0 amide bonds. The van der Waals surface area contributed by atoms with Crippen molar-refractivity contribution >= 4 is 11.8 Å². The molecule has 1 aromatic carbocycles. The van der Waals surface area contributed by atoms with E-state index in [1.54, 1.807) is 0 Å². The zero-order chi connectivity index (χ0) is 11.8. The predicted molar refractivity (Wildman–Crippen MR) is 70.5 cm³/mol. The van der Waals surface area contributed by atoms with Gasteiger partial charge in [-0.05, 0) is 30.4 Å². The molecule has 2 nitrogen and oxygen atoms in total. The van der Waals surface area contributed by atoms with Gasteiger partial charge in [-0.3, -0.25) is 0 Å². The van der Waals surface area contributed by atoms with Gasteiger partial charge >= 0.3 is 0 Å². The second-order valence-corrected chi connectivity index (χ2v) is 4.66. The van der Waals surface area contributed by atoms with E-state index in [1.165, 1.54) is 5.56 Å². The maximum absolute atomic E-state index is 8.69. The Morgan fingerprint density at radius 1 is 1.38 bits per heavy atom. The number of benzene rings is 1. The molecule has 1 aromatic rings. The van der Waals surface area contributed by atoms with Crippen molar-refractivity contribution in [3.05, 3.63) is 35.4 Å². The first kappa shape index (κ1) is 13.1. The number of nitrogens with one attached hydrogen (secondary N) is 1. The van der Waals surface area contributed by atoms with Gasteiger partial charge in [0.25, 0.3) is 0 Å². The predicted octanol–water partition coefficient (Wildman–Crippen LogP) is 2.79. The zero-order valence-corrected chi connectivity index (χ0v) is 10.7. The van der Waals surface area contributed by atoms with Crippen LogP contribution in [0.2, 0.25) is 0 Å². The molecular formula is C13H18N2S. The Bertz CT molecular complexity index is 340. The smallest absolute Gasteiger partial charge is 0.0991 e. The third kappa shape index (κ3) is 4.26. The van der Waals surface area contributed by atoms with Gasteiger partial charge in [-0.2, -0.15) is 17.0 Å². The van der Waals surface area contributed by atoms with Crippen LogP contribution in [-0.2, 0) is 6.54 Å². The number of rotatable bonds is 6. The fourth-order valence-corrected chi connectivity index (χ4v) is 2.24. The molecule has 16 heavy (non-hydrogen) atoms. The Balaban J connectivity index is 2.44. The van der Waals surface area contributed by atoms with Crippen LogP contribution in [0.1, 0.15) is 24.5 Å². The second kappa shape index (κ2) is 7.32. The highest BCUT2D eigenvalue weighted by atomic mass is 32.2. The minimum absolute atomic E-state index is 0.575. The first-order valence-corrected chi connectivity index (χ1v) is 6.91. The summed E-state index contributed by atoms with van der Waals surface area (Å²) in [7, 11) is 0. The van der Waals surface area contributed by atoms with E-state index >= 15 is 0 Å². The standard InChI is InChI=1S/C13H18N2S/c1-3-13(10-16-2)15-9-12-6-4-11(8-14)5-7-12/h4-7,13,15H,3,9-10H2,1-2H3. The fourth-order valence-electron chi connectivity index (χ4n) is 1.48. The van der Waals surface area contributed by atoms with Crippen molar-refractivity contribution in [3.63, 3.8) is 0 Å². The monoisotopic (exact) mass is 234 g/mol. The molecule has 0 radical (unpaired) electrons. The van der Waals surface area contributed by atoms with E-state index in [4.69, 9.17) is 5.26 Å². The van der Waals surface area contributed by atoms with E-state index in [-0.39, 0.29) is 0 Å². The lowest BCUT2D eigenvalue weighted by Crippen LogP contribution is -2.30. The minimum Gasteiger partial charge on any atom is -0.309 e. The highest BCUT2D eigenvalue weighted by Crippen LogP contribution is 2.05. The number of nitriles is 1. The molecule has 0 saturated heterocycles. The largest absolute Gasteiger partial charge is 0.309 e. The molecule has 0 heterocycles. The van der Waals surface area contributed by atoms with Crippen molar-refractivity contribution in [2.45, 2.75) is 25.9 Å². The summed E-state index contributed by atoms with van der Waals surface area (Å²) in [6, 6.07) is 10.5. The molecule has 0 saturated carbocycles. The van der Waals surface area contributed by atoms with Crippen LogP contribution in [0, 0.1) is 11.3 Å². The van der Waals surface area contributed by atoms with Gasteiger partial charge in [0, 0.05) is 18.3 Å². The van der Waals surface area contributed by atoms with Crippen molar-refractivity contribution in [2.24, 2.45) is 0 Å². The van der Waals surface area contributed by atoms with Crippen molar-refractivity contribution in [2.75, 3.05) is 12.0 Å². The first-order chi connectivity index (χ1) is 7.80. The normalized spacial score (nSPS) is 12.1. The Morgan fingerprint density at radius 3 is 2.56 bits per heavy atom. The lowest BCUT2D eigenvalue weighted by molar-refractivity contribution is 0.541. The van der Waals surface area contributed by atoms with Crippen LogP contribution in [0.3, 0.4) is 0 Å². The van der Waals surface area contributed by atoms with E-state index < -0.39 is 0 Å². The first-order valence-electron chi connectivity index (χ1n) is 5.51. The van der Waals surface area contributed by atoms with Crippen molar-refractivity contribution in [3.8, 4) is 6.07 Å². The van der Waals surface area contributed by atoms with Crippen LogP contribution in [0.5, 0.6) is 0 Å². The van der Waals surface area contributed by atoms with Gasteiger partial charge in [0.05, 0.1) is 11.6 Å². The molecule has 0 bridgehead atoms. The van der Waals surface area contributed by atoms with Gasteiger partial charge in [0.2, 0.25) is 0 Å². The van der Waals surface area contributed by atoms with Crippen LogP contribution in [0.15, 0.2) is 24.3 Å². The van der Waals surface area contributed by atoms with E-state index in [2.05, 4.69) is 24.6 Å². The molecule has 3 heteroatoms. The van der Waals surface area contributed by atoms with E-state index in [0.29, 0.717) is 6.04 Å². The van der Waals surface area contributed by atoms with Crippen LogP contribution in [0.4, 0.5) is 0 Å². The Kier molecular flexibility index (Phi) is 5.99. The highest BCUT2D eigenvalue weighted by Gasteiger charge is 2.04. The van der Waals surface area contributed by atoms with Gasteiger partial charge in [0.15, 0.2) is 0 Å². The average Bonchev–Trinajstić information content (AvgIpc) is 2.35. The Hall–Kier alpha value is -0.980. The number of hydrogen-bond acceptors (Lipinski definition) is 3. The lowest BCUT2D eigenvalue weighted by atomic mass is 10.1. The van der Waals surface area contributed by atoms with Crippen LogP contribution < -0.4 is 5.32 Å². The summed E-state index contributed by atoms with van der Waals surface area (Å²) in [4.78, 5) is 0. The van der Waals surface area contributed by atoms with Crippen molar-refractivity contribution < 1.29 is 0 Å². The van der Waals surface area contributed by atoms with Gasteiger partial charge in [-0.1, -0.05) is 19.1 Å². The minimum atomic E-state index is 0.575. The average molecular weight is 234 g/mol. The molecule has 0 aromatic heterocycles. The molecule has 0 aliphatic carbocycles.